The number of primary amides is 1. The van der Waals surface area contributed by atoms with Crippen LogP contribution in [0, 0.1) is 0 Å². The molecule has 3 N–H and O–H groups in total. The quantitative estimate of drug-likeness (QED) is 0.606. The predicted molar refractivity (Wildman–Crippen MR) is 87.8 cm³/mol. The molecule has 2 aromatic heterocycles. The number of hydrogen-bond acceptors (Lipinski definition) is 7. The highest BCUT2D eigenvalue weighted by Gasteiger charge is 2.16. The lowest BCUT2D eigenvalue weighted by Gasteiger charge is -2.08. The summed E-state index contributed by atoms with van der Waals surface area (Å²) in [6, 6.07) is 4.69. The van der Waals surface area contributed by atoms with Crippen molar-refractivity contribution >= 4 is 45.9 Å². The van der Waals surface area contributed by atoms with Gasteiger partial charge in [0.2, 0.25) is 0 Å². The van der Waals surface area contributed by atoms with Gasteiger partial charge in [0.1, 0.15) is 10.0 Å². The van der Waals surface area contributed by atoms with Crippen LogP contribution in [0.25, 0.3) is 0 Å². The van der Waals surface area contributed by atoms with Crippen LogP contribution in [-0.2, 0) is 9.53 Å². The molecule has 0 bridgehead atoms. The first-order valence-electron chi connectivity index (χ1n) is 6.36. The summed E-state index contributed by atoms with van der Waals surface area (Å²) in [5.41, 5.74) is 5.69. The number of rotatable bonds is 6. The van der Waals surface area contributed by atoms with Crippen LogP contribution in [-0.4, -0.2) is 35.6 Å². The van der Waals surface area contributed by atoms with Crippen LogP contribution in [0.2, 0.25) is 0 Å². The number of pyridine rings is 1. The molecule has 0 aromatic carbocycles. The van der Waals surface area contributed by atoms with E-state index in [4.69, 9.17) is 10.5 Å². The maximum atomic E-state index is 12.0. The molecule has 9 heteroatoms. The third kappa shape index (κ3) is 4.30. The summed E-state index contributed by atoms with van der Waals surface area (Å²) in [7, 11) is 0. The second-order valence-corrected chi connectivity index (χ2v) is 5.92. The summed E-state index contributed by atoms with van der Waals surface area (Å²) in [4.78, 5) is 39.0. The Kier molecular flexibility index (Phi) is 5.72. The Bertz CT molecular complexity index is 745. The van der Waals surface area contributed by atoms with E-state index in [-0.39, 0.29) is 5.56 Å². The van der Waals surface area contributed by atoms with Crippen molar-refractivity contribution in [1.82, 2.24) is 4.98 Å². The van der Waals surface area contributed by atoms with E-state index in [2.05, 4.69) is 10.3 Å². The summed E-state index contributed by atoms with van der Waals surface area (Å²) in [6.07, 6.45) is 3.35. The molecule has 120 valence electrons. The van der Waals surface area contributed by atoms with Gasteiger partial charge in [-0.2, -0.15) is 0 Å². The SMILES string of the molecule is CSc1ncccc1C(=O)OCC(=O)Nc1sccc1C(N)=O. The van der Waals surface area contributed by atoms with Crippen LogP contribution in [0.15, 0.2) is 34.8 Å². The van der Waals surface area contributed by atoms with Crippen LogP contribution in [0.1, 0.15) is 20.7 Å². The molecule has 0 spiro atoms. The zero-order valence-corrected chi connectivity index (χ0v) is 13.7. The summed E-state index contributed by atoms with van der Waals surface area (Å²) >= 11 is 2.46. The number of aromatic nitrogens is 1. The minimum absolute atomic E-state index is 0.214. The first-order chi connectivity index (χ1) is 11.0. The number of thiophene rings is 1. The fourth-order valence-electron chi connectivity index (χ4n) is 1.68. The number of carbonyl (C=O) groups is 3. The summed E-state index contributed by atoms with van der Waals surface area (Å²) in [6.45, 7) is -0.475. The number of nitrogens with zero attached hydrogens (tertiary/aromatic N) is 1. The molecule has 2 rings (SSSR count). The van der Waals surface area contributed by atoms with Crippen molar-refractivity contribution in [2.75, 3.05) is 18.2 Å². The van der Waals surface area contributed by atoms with E-state index in [1.165, 1.54) is 17.8 Å². The van der Waals surface area contributed by atoms with Gasteiger partial charge in [-0.3, -0.25) is 9.59 Å². The Balaban J connectivity index is 1.95. The largest absolute Gasteiger partial charge is 0.452 e. The van der Waals surface area contributed by atoms with Crippen molar-refractivity contribution in [2.24, 2.45) is 5.73 Å². The molecule has 0 saturated heterocycles. The Hall–Kier alpha value is -2.39. The molecule has 0 aliphatic carbocycles. The Morgan fingerprint density at radius 1 is 1.35 bits per heavy atom. The highest BCUT2D eigenvalue weighted by atomic mass is 32.2. The molecular weight excluding hydrogens is 338 g/mol. The van der Waals surface area contributed by atoms with E-state index in [0.29, 0.717) is 15.6 Å². The van der Waals surface area contributed by atoms with Gasteiger partial charge in [0.15, 0.2) is 6.61 Å². The lowest BCUT2D eigenvalue weighted by atomic mass is 10.3. The standard InChI is InChI=1S/C14H13N3O4S2/c1-22-12-9(3-2-5-16-12)14(20)21-7-10(18)17-13-8(11(15)19)4-6-23-13/h2-6H,7H2,1H3,(H2,15,19)(H,17,18). The first-order valence-corrected chi connectivity index (χ1v) is 8.46. The van der Waals surface area contributed by atoms with Crippen molar-refractivity contribution in [3.63, 3.8) is 0 Å². The van der Waals surface area contributed by atoms with Crippen LogP contribution in [0.5, 0.6) is 0 Å². The van der Waals surface area contributed by atoms with Crippen molar-refractivity contribution in [3.8, 4) is 0 Å². The number of carbonyl (C=O) groups excluding carboxylic acids is 3. The number of nitrogens with two attached hydrogens (primary N) is 1. The number of nitrogens with one attached hydrogen (secondary N) is 1. The third-order valence-corrected chi connectivity index (χ3v) is 4.24. The molecule has 2 amide bonds. The van der Waals surface area contributed by atoms with Gasteiger partial charge in [0.05, 0.1) is 11.1 Å². The van der Waals surface area contributed by atoms with Gasteiger partial charge < -0.3 is 15.8 Å². The Morgan fingerprint density at radius 3 is 2.83 bits per heavy atom. The minimum Gasteiger partial charge on any atom is -0.452 e. The van der Waals surface area contributed by atoms with Gasteiger partial charge in [-0.05, 0) is 29.8 Å². The van der Waals surface area contributed by atoms with Crippen molar-refractivity contribution in [2.45, 2.75) is 5.03 Å². The lowest BCUT2D eigenvalue weighted by molar-refractivity contribution is -0.119. The summed E-state index contributed by atoms with van der Waals surface area (Å²) in [5, 5.41) is 4.96. The topological polar surface area (TPSA) is 111 Å². The Labute approximate surface area is 140 Å². The van der Waals surface area contributed by atoms with Gasteiger partial charge >= 0.3 is 5.97 Å². The molecule has 0 radical (unpaired) electrons. The fraction of sp³-hybridized carbons (Fsp3) is 0.143. The van der Waals surface area contributed by atoms with Crippen LogP contribution in [0.3, 0.4) is 0 Å². The normalized spacial score (nSPS) is 10.1. The molecule has 0 atom stereocenters. The summed E-state index contributed by atoms with van der Waals surface area (Å²) in [5.74, 6) is -1.84. The van der Waals surface area contributed by atoms with Gasteiger partial charge in [-0.25, -0.2) is 9.78 Å². The van der Waals surface area contributed by atoms with E-state index in [0.717, 1.165) is 11.3 Å². The van der Waals surface area contributed by atoms with E-state index in [1.807, 2.05) is 0 Å². The molecule has 0 aliphatic rings. The second-order valence-electron chi connectivity index (χ2n) is 4.21. The van der Waals surface area contributed by atoms with E-state index in [1.54, 1.807) is 30.0 Å². The molecule has 2 heterocycles. The van der Waals surface area contributed by atoms with Crippen LogP contribution < -0.4 is 11.1 Å². The predicted octanol–water partition coefficient (Wildman–Crippen LogP) is 1.76. The average Bonchev–Trinajstić information content (AvgIpc) is 3.00. The first kappa shape index (κ1) is 17.0. The average molecular weight is 351 g/mol. The molecule has 0 aliphatic heterocycles. The Morgan fingerprint density at radius 2 is 2.13 bits per heavy atom. The second kappa shape index (κ2) is 7.75. The summed E-state index contributed by atoms with van der Waals surface area (Å²) < 4.78 is 4.97. The zero-order chi connectivity index (χ0) is 16.8. The van der Waals surface area contributed by atoms with Gasteiger partial charge in [-0.1, -0.05) is 0 Å². The molecule has 7 nitrogen and oxygen atoms in total. The highest BCUT2D eigenvalue weighted by molar-refractivity contribution is 7.98. The zero-order valence-electron chi connectivity index (χ0n) is 12.1. The number of hydrogen-bond donors (Lipinski definition) is 2. The number of ether oxygens (including phenoxy) is 1. The van der Waals surface area contributed by atoms with Gasteiger partial charge in [0.25, 0.3) is 11.8 Å². The van der Waals surface area contributed by atoms with E-state index in [9.17, 15) is 14.4 Å². The number of esters is 1. The molecule has 0 fully saturated rings. The number of anilines is 1. The van der Waals surface area contributed by atoms with Gasteiger partial charge in [-0.15, -0.1) is 23.1 Å². The smallest absolute Gasteiger partial charge is 0.341 e. The molecule has 0 saturated carbocycles. The molecule has 2 aromatic rings. The molecule has 23 heavy (non-hydrogen) atoms. The third-order valence-electron chi connectivity index (χ3n) is 2.70. The number of amides is 2. The van der Waals surface area contributed by atoms with Crippen LogP contribution >= 0.6 is 23.1 Å². The monoisotopic (exact) mass is 351 g/mol. The fourth-order valence-corrected chi connectivity index (χ4v) is 3.03. The van der Waals surface area contributed by atoms with E-state index >= 15 is 0 Å². The minimum atomic E-state index is -0.640. The number of thioether (sulfide) groups is 1. The lowest BCUT2D eigenvalue weighted by Crippen LogP contribution is -2.22. The van der Waals surface area contributed by atoms with Crippen molar-refractivity contribution in [3.05, 3.63) is 40.9 Å². The maximum absolute atomic E-state index is 12.0. The molecular formula is C14H13N3O4S2. The van der Waals surface area contributed by atoms with Crippen molar-refractivity contribution in [1.29, 1.82) is 0 Å². The maximum Gasteiger partial charge on any atom is 0.341 e. The highest BCUT2D eigenvalue weighted by Crippen LogP contribution is 2.22. The van der Waals surface area contributed by atoms with Gasteiger partial charge in [0, 0.05) is 6.20 Å². The molecule has 0 unspecified atom stereocenters. The van der Waals surface area contributed by atoms with Crippen molar-refractivity contribution < 1.29 is 19.1 Å². The van der Waals surface area contributed by atoms with E-state index < -0.39 is 24.4 Å². The van der Waals surface area contributed by atoms with Crippen LogP contribution in [0.4, 0.5) is 5.00 Å².